The molecule has 162 valence electrons. The SMILES string of the molecule is COc1ccc(CN2CCN(CC(=O)NCCc3ccccc3C)CC2)cc1OC. The second kappa shape index (κ2) is 11.0. The average molecular weight is 412 g/mol. The van der Waals surface area contributed by atoms with Gasteiger partial charge in [-0.25, -0.2) is 0 Å². The molecule has 0 saturated carbocycles. The van der Waals surface area contributed by atoms with Crippen molar-refractivity contribution in [1.82, 2.24) is 15.1 Å². The molecule has 2 aromatic carbocycles. The lowest BCUT2D eigenvalue weighted by Gasteiger charge is -2.34. The minimum absolute atomic E-state index is 0.108. The van der Waals surface area contributed by atoms with Gasteiger partial charge in [0, 0.05) is 39.3 Å². The number of piperazine rings is 1. The van der Waals surface area contributed by atoms with Crippen LogP contribution in [0.2, 0.25) is 0 Å². The molecule has 0 radical (unpaired) electrons. The Labute approximate surface area is 179 Å². The lowest BCUT2D eigenvalue weighted by atomic mass is 10.1. The Hall–Kier alpha value is -2.57. The zero-order chi connectivity index (χ0) is 21.3. The molecule has 6 nitrogen and oxygen atoms in total. The second-order valence-electron chi connectivity index (χ2n) is 7.77. The molecule has 0 spiro atoms. The topological polar surface area (TPSA) is 54.0 Å². The zero-order valence-electron chi connectivity index (χ0n) is 18.3. The van der Waals surface area contributed by atoms with Crippen molar-refractivity contribution in [2.75, 3.05) is 53.5 Å². The van der Waals surface area contributed by atoms with E-state index >= 15 is 0 Å². The van der Waals surface area contributed by atoms with Crippen LogP contribution >= 0.6 is 0 Å². The largest absolute Gasteiger partial charge is 0.493 e. The summed E-state index contributed by atoms with van der Waals surface area (Å²) in [5.41, 5.74) is 3.77. The molecule has 0 bridgehead atoms. The maximum Gasteiger partial charge on any atom is 0.234 e. The Morgan fingerprint density at radius 1 is 0.967 bits per heavy atom. The van der Waals surface area contributed by atoms with Crippen molar-refractivity contribution in [1.29, 1.82) is 0 Å². The van der Waals surface area contributed by atoms with Crippen molar-refractivity contribution >= 4 is 5.91 Å². The Morgan fingerprint density at radius 2 is 1.67 bits per heavy atom. The van der Waals surface area contributed by atoms with E-state index in [-0.39, 0.29) is 5.91 Å². The fourth-order valence-electron chi connectivity index (χ4n) is 3.83. The standard InChI is InChI=1S/C24H33N3O3/c1-19-6-4-5-7-21(19)10-11-25-24(28)18-27-14-12-26(13-15-27)17-20-8-9-22(29-2)23(16-20)30-3/h4-9,16H,10-15,17-18H2,1-3H3,(H,25,28). The summed E-state index contributed by atoms with van der Waals surface area (Å²) in [4.78, 5) is 16.9. The third kappa shape index (κ3) is 6.21. The van der Waals surface area contributed by atoms with E-state index in [1.807, 2.05) is 24.3 Å². The van der Waals surface area contributed by atoms with E-state index in [0.29, 0.717) is 13.1 Å². The van der Waals surface area contributed by atoms with Crippen molar-refractivity contribution in [2.24, 2.45) is 0 Å². The normalized spacial score (nSPS) is 15.0. The number of methoxy groups -OCH3 is 2. The van der Waals surface area contributed by atoms with Crippen LogP contribution in [0, 0.1) is 6.92 Å². The first kappa shape index (κ1) is 22.1. The monoisotopic (exact) mass is 411 g/mol. The zero-order valence-corrected chi connectivity index (χ0v) is 18.3. The molecule has 1 fully saturated rings. The molecule has 0 aromatic heterocycles. The van der Waals surface area contributed by atoms with Crippen LogP contribution in [0.1, 0.15) is 16.7 Å². The molecule has 1 saturated heterocycles. The number of rotatable bonds is 9. The first-order valence-electron chi connectivity index (χ1n) is 10.6. The van der Waals surface area contributed by atoms with E-state index in [4.69, 9.17) is 9.47 Å². The van der Waals surface area contributed by atoms with E-state index in [9.17, 15) is 4.79 Å². The molecule has 30 heavy (non-hydrogen) atoms. The number of hydrogen-bond donors (Lipinski definition) is 1. The fraction of sp³-hybridized carbons (Fsp3) is 0.458. The van der Waals surface area contributed by atoms with Gasteiger partial charge >= 0.3 is 0 Å². The number of nitrogens with one attached hydrogen (secondary N) is 1. The third-order valence-corrected chi connectivity index (χ3v) is 5.66. The van der Waals surface area contributed by atoms with Crippen LogP contribution in [0.3, 0.4) is 0 Å². The van der Waals surface area contributed by atoms with Crippen molar-refractivity contribution in [3.8, 4) is 11.5 Å². The number of ether oxygens (including phenoxy) is 2. The fourth-order valence-corrected chi connectivity index (χ4v) is 3.83. The molecule has 0 atom stereocenters. The van der Waals surface area contributed by atoms with Gasteiger partial charge in [0.25, 0.3) is 0 Å². The summed E-state index contributed by atoms with van der Waals surface area (Å²) in [7, 11) is 3.31. The average Bonchev–Trinajstić information content (AvgIpc) is 2.76. The van der Waals surface area contributed by atoms with Crippen LogP contribution < -0.4 is 14.8 Å². The van der Waals surface area contributed by atoms with Gasteiger partial charge in [-0.05, 0) is 42.2 Å². The smallest absolute Gasteiger partial charge is 0.234 e. The molecule has 1 aliphatic heterocycles. The van der Waals surface area contributed by atoms with E-state index in [1.165, 1.54) is 16.7 Å². The summed E-state index contributed by atoms with van der Waals surface area (Å²) < 4.78 is 10.7. The van der Waals surface area contributed by atoms with Gasteiger partial charge in [-0.1, -0.05) is 30.3 Å². The highest BCUT2D eigenvalue weighted by Crippen LogP contribution is 2.28. The predicted molar refractivity (Wildman–Crippen MR) is 119 cm³/mol. The highest BCUT2D eigenvalue weighted by Gasteiger charge is 2.19. The molecule has 3 rings (SSSR count). The Morgan fingerprint density at radius 3 is 2.37 bits per heavy atom. The maximum atomic E-state index is 12.3. The molecule has 0 unspecified atom stereocenters. The molecular formula is C24H33N3O3. The Bertz CT molecular complexity index is 832. The molecule has 1 amide bonds. The van der Waals surface area contributed by atoms with Gasteiger partial charge < -0.3 is 14.8 Å². The van der Waals surface area contributed by atoms with Crippen LogP contribution in [0.15, 0.2) is 42.5 Å². The molecule has 1 aliphatic rings. The molecule has 6 heteroatoms. The van der Waals surface area contributed by atoms with Crippen LogP contribution in [0.5, 0.6) is 11.5 Å². The number of aryl methyl sites for hydroxylation is 1. The van der Waals surface area contributed by atoms with E-state index in [2.05, 4.69) is 40.2 Å². The lowest BCUT2D eigenvalue weighted by molar-refractivity contribution is -0.122. The molecule has 1 N–H and O–H groups in total. The van der Waals surface area contributed by atoms with Gasteiger partial charge in [-0.15, -0.1) is 0 Å². The van der Waals surface area contributed by atoms with Gasteiger partial charge in [0.2, 0.25) is 5.91 Å². The highest BCUT2D eigenvalue weighted by molar-refractivity contribution is 5.78. The van der Waals surface area contributed by atoms with Crippen LogP contribution in [0.25, 0.3) is 0 Å². The lowest BCUT2D eigenvalue weighted by Crippen LogP contribution is -2.49. The van der Waals surface area contributed by atoms with Crippen molar-refractivity contribution < 1.29 is 14.3 Å². The molecule has 0 aliphatic carbocycles. The summed E-state index contributed by atoms with van der Waals surface area (Å²) in [5, 5.41) is 3.06. The number of carbonyl (C=O) groups is 1. The van der Waals surface area contributed by atoms with E-state index in [1.54, 1.807) is 14.2 Å². The molecule has 2 aromatic rings. The van der Waals surface area contributed by atoms with Crippen LogP contribution in [-0.4, -0.2) is 69.2 Å². The minimum atomic E-state index is 0.108. The number of amides is 1. The van der Waals surface area contributed by atoms with Gasteiger partial charge in [0.1, 0.15) is 0 Å². The summed E-state index contributed by atoms with van der Waals surface area (Å²) in [6.45, 7) is 7.84. The van der Waals surface area contributed by atoms with Gasteiger partial charge in [0.05, 0.1) is 20.8 Å². The van der Waals surface area contributed by atoms with E-state index in [0.717, 1.165) is 50.6 Å². The minimum Gasteiger partial charge on any atom is -0.493 e. The number of benzene rings is 2. The summed E-state index contributed by atoms with van der Waals surface area (Å²) in [5.74, 6) is 1.62. The third-order valence-electron chi connectivity index (χ3n) is 5.66. The first-order valence-corrected chi connectivity index (χ1v) is 10.6. The van der Waals surface area contributed by atoms with Gasteiger partial charge in [-0.2, -0.15) is 0 Å². The summed E-state index contributed by atoms with van der Waals surface area (Å²) in [6, 6.07) is 14.4. The van der Waals surface area contributed by atoms with Crippen molar-refractivity contribution in [2.45, 2.75) is 19.9 Å². The first-order chi connectivity index (χ1) is 14.6. The second-order valence-corrected chi connectivity index (χ2v) is 7.77. The molecular weight excluding hydrogens is 378 g/mol. The maximum absolute atomic E-state index is 12.3. The van der Waals surface area contributed by atoms with Crippen LogP contribution in [0.4, 0.5) is 0 Å². The number of carbonyl (C=O) groups excluding carboxylic acids is 1. The van der Waals surface area contributed by atoms with Crippen molar-refractivity contribution in [3.63, 3.8) is 0 Å². The summed E-state index contributed by atoms with van der Waals surface area (Å²) in [6.07, 6.45) is 0.873. The predicted octanol–water partition coefficient (Wildman–Crippen LogP) is 2.49. The Kier molecular flexibility index (Phi) is 8.11. The Balaban J connectivity index is 1.38. The summed E-state index contributed by atoms with van der Waals surface area (Å²) >= 11 is 0. The molecule has 1 heterocycles. The van der Waals surface area contributed by atoms with Gasteiger partial charge in [-0.3, -0.25) is 14.6 Å². The quantitative estimate of drug-likeness (QED) is 0.687. The highest BCUT2D eigenvalue weighted by atomic mass is 16.5. The van der Waals surface area contributed by atoms with Gasteiger partial charge in [0.15, 0.2) is 11.5 Å². The van der Waals surface area contributed by atoms with E-state index < -0.39 is 0 Å². The number of hydrogen-bond acceptors (Lipinski definition) is 5. The number of nitrogens with zero attached hydrogens (tertiary/aromatic N) is 2. The van der Waals surface area contributed by atoms with Crippen LogP contribution in [-0.2, 0) is 17.8 Å². The van der Waals surface area contributed by atoms with Crippen molar-refractivity contribution in [3.05, 3.63) is 59.2 Å².